The molecule has 2 aromatic heterocycles. The zero-order valence-corrected chi connectivity index (χ0v) is 14.2. The lowest BCUT2D eigenvalue weighted by molar-refractivity contribution is 0.856. The van der Waals surface area contributed by atoms with Gasteiger partial charge >= 0.3 is 0 Å². The van der Waals surface area contributed by atoms with Gasteiger partial charge in [-0.05, 0) is 28.9 Å². The summed E-state index contributed by atoms with van der Waals surface area (Å²) in [5.41, 5.74) is 3.61. The van der Waals surface area contributed by atoms with Crippen LogP contribution in [0.2, 0.25) is 0 Å². The van der Waals surface area contributed by atoms with E-state index < -0.39 is 0 Å². The fraction of sp³-hybridized carbons (Fsp3) is 0.385. The molecule has 0 radical (unpaired) electrons. The average Bonchev–Trinajstić information content (AvgIpc) is 2.84. The molecule has 20 heavy (non-hydrogen) atoms. The van der Waals surface area contributed by atoms with Crippen molar-refractivity contribution in [3.8, 4) is 0 Å². The average molecular weight is 356 g/mol. The van der Waals surface area contributed by atoms with Gasteiger partial charge in [0.05, 0.1) is 6.54 Å². The molecule has 2 heterocycles. The van der Waals surface area contributed by atoms with Crippen molar-refractivity contribution in [2.45, 2.75) is 26.8 Å². The molecule has 0 atom stereocenters. The number of rotatable bonds is 5. The van der Waals surface area contributed by atoms with Gasteiger partial charge in [0.1, 0.15) is 17.5 Å². The van der Waals surface area contributed by atoms with E-state index >= 15 is 0 Å². The summed E-state index contributed by atoms with van der Waals surface area (Å²) < 4.78 is 1.11. The Morgan fingerprint density at radius 1 is 1.45 bits per heavy atom. The van der Waals surface area contributed by atoms with Crippen molar-refractivity contribution in [1.29, 1.82) is 0 Å². The van der Waals surface area contributed by atoms with E-state index in [1.54, 1.807) is 11.3 Å². The maximum absolute atomic E-state index is 5.54. The molecular formula is C13H18BrN5S. The summed E-state index contributed by atoms with van der Waals surface area (Å²) >= 11 is 5.20. The molecule has 0 unspecified atom stereocenters. The predicted octanol–water partition coefficient (Wildman–Crippen LogP) is 3.09. The molecule has 3 N–H and O–H groups in total. The summed E-state index contributed by atoms with van der Waals surface area (Å²) in [4.78, 5) is 12.4. The second-order valence-corrected chi connectivity index (χ2v) is 6.43. The molecule has 0 amide bonds. The van der Waals surface area contributed by atoms with Crippen LogP contribution in [0.3, 0.4) is 0 Å². The number of halogens is 1. The van der Waals surface area contributed by atoms with Gasteiger partial charge < -0.3 is 10.3 Å². The molecule has 0 aliphatic rings. The van der Waals surface area contributed by atoms with Gasteiger partial charge in [-0.15, -0.1) is 11.3 Å². The summed E-state index contributed by atoms with van der Waals surface area (Å²) in [5, 5.41) is 2.08. The third-order valence-corrected chi connectivity index (χ3v) is 4.68. The molecule has 0 aliphatic heterocycles. The van der Waals surface area contributed by atoms with Gasteiger partial charge in [-0.3, -0.25) is 0 Å². The Balaban J connectivity index is 2.30. The molecule has 0 bridgehead atoms. The van der Waals surface area contributed by atoms with Gasteiger partial charge in [-0.25, -0.2) is 15.8 Å². The third kappa shape index (κ3) is 3.28. The number of hydrogen-bond donors (Lipinski definition) is 2. The van der Waals surface area contributed by atoms with Crippen molar-refractivity contribution in [1.82, 2.24) is 9.97 Å². The lowest BCUT2D eigenvalue weighted by atomic mass is 10.2. The number of nitrogens with zero attached hydrogens (tertiary/aromatic N) is 3. The van der Waals surface area contributed by atoms with Crippen LogP contribution in [-0.2, 0) is 13.0 Å². The first-order chi connectivity index (χ1) is 9.55. The highest BCUT2D eigenvalue weighted by Gasteiger charge is 2.14. The molecule has 0 aliphatic carbocycles. The van der Waals surface area contributed by atoms with Crippen LogP contribution in [0.4, 0.5) is 11.6 Å². The Bertz CT molecular complexity index is 598. The largest absolute Gasteiger partial charge is 0.354 e. The lowest BCUT2D eigenvalue weighted by Gasteiger charge is -2.21. The van der Waals surface area contributed by atoms with Crippen LogP contribution in [-0.4, -0.2) is 17.0 Å². The Labute approximate surface area is 131 Å². The van der Waals surface area contributed by atoms with Crippen LogP contribution in [0.15, 0.2) is 15.9 Å². The maximum Gasteiger partial charge on any atom is 0.148 e. The van der Waals surface area contributed by atoms with E-state index in [0.29, 0.717) is 5.82 Å². The van der Waals surface area contributed by atoms with Crippen LogP contribution >= 0.6 is 27.3 Å². The summed E-state index contributed by atoms with van der Waals surface area (Å²) in [7, 11) is 2.03. The smallest absolute Gasteiger partial charge is 0.148 e. The summed E-state index contributed by atoms with van der Waals surface area (Å²) in [5.74, 6) is 7.92. The first kappa shape index (κ1) is 15.2. The topological polar surface area (TPSA) is 67.1 Å². The van der Waals surface area contributed by atoms with E-state index in [1.807, 2.05) is 20.9 Å². The normalized spacial score (nSPS) is 10.7. The van der Waals surface area contributed by atoms with Gasteiger partial charge in [0, 0.05) is 33.8 Å². The molecule has 7 heteroatoms. The van der Waals surface area contributed by atoms with Crippen molar-refractivity contribution in [3.63, 3.8) is 0 Å². The second-order valence-electron chi connectivity index (χ2n) is 4.52. The van der Waals surface area contributed by atoms with E-state index in [0.717, 1.165) is 34.6 Å². The molecule has 0 saturated carbocycles. The van der Waals surface area contributed by atoms with E-state index in [2.05, 4.69) is 47.7 Å². The molecule has 0 saturated heterocycles. The lowest BCUT2D eigenvalue weighted by Crippen LogP contribution is -2.21. The molecule has 5 nitrogen and oxygen atoms in total. The van der Waals surface area contributed by atoms with Crippen molar-refractivity contribution >= 4 is 38.9 Å². The molecule has 2 rings (SSSR count). The number of nitrogen functional groups attached to an aromatic ring is 1. The Morgan fingerprint density at radius 3 is 2.75 bits per heavy atom. The minimum atomic E-state index is 0.686. The zero-order valence-electron chi connectivity index (χ0n) is 11.8. The van der Waals surface area contributed by atoms with Crippen LogP contribution in [0.25, 0.3) is 0 Å². The number of hydrogen-bond acceptors (Lipinski definition) is 6. The predicted molar refractivity (Wildman–Crippen MR) is 88.1 cm³/mol. The number of nitrogens with one attached hydrogen (secondary N) is 1. The maximum atomic E-state index is 5.54. The minimum absolute atomic E-state index is 0.686. The van der Waals surface area contributed by atoms with Crippen LogP contribution in [0, 0.1) is 6.92 Å². The quantitative estimate of drug-likeness (QED) is 0.637. The third-order valence-electron chi connectivity index (χ3n) is 3.00. The number of aromatic nitrogens is 2. The minimum Gasteiger partial charge on any atom is -0.354 e. The van der Waals surface area contributed by atoms with Gasteiger partial charge in [0.15, 0.2) is 0 Å². The summed E-state index contributed by atoms with van der Waals surface area (Å²) in [6, 6.07) is 2.13. The number of nitrogens with two attached hydrogens (primary N) is 1. The summed E-state index contributed by atoms with van der Waals surface area (Å²) in [6.07, 6.45) is 0.778. The van der Waals surface area contributed by atoms with Crippen molar-refractivity contribution < 1.29 is 0 Å². The summed E-state index contributed by atoms with van der Waals surface area (Å²) in [6.45, 7) is 4.82. The van der Waals surface area contributed by atoms with Crippen LogP contribution in [0.5, 0.6) is 0 Å². The van der Waals surface area contributed by atoms with Crippen molar-refractivity contribution in [2.75, 3.05) is 17.4 Å². The SMILES string of the molecule is CCc1nc(NN)c(C)c(N(C)Cc2cc(Br)cs2)n1. The number of hydrazine groups is 1. The van der Waals surface area contributed by atoms with Crippen molar-refractivity contribution in [3.05, 3.63) is 32.2 Å². The van der Waals surface area contributed by atoms with Crippen molar-refractivity contribution in [2.24, 2.45) is 5.84 Å². The Hall–Kier alpha value is -1.18. The Morgan fingerprint density at radius 2 is 2.20 bits per heavy atom. The zero-order chi connectivity index (χ0) is 14.7. The first-order valence-electron chi connectivity index (χ1n) is 6.33. The molecule has 108 valence electrons. The Kier molecular flexibility index (Phi) is 4.95. The highest BCUT2D eigenvalue weighted by Crippen LogP contribution is 2.26. The van der Waals surface area contributed by atoms with E-state index in [1.165, 1.54) is 4.88 Å². The van der Waals surface area contributed by atoms with E-state index in [4.69, 9.17) is 5.84 Å². The number of thiophene rings is 1. The second kappa shape index (κ2) is 6.51. The highest BCUT2D eigenvalue weighted by atomic mass is 79.9. The molecular weight excluding hydrogens is 338 g/mol. The van der Waals surface area contributed by atoms with Crippen LogP contribution < -0.4 is 16.2 Å². The fourth-order valence-electron chi connectivity index (χ4n) is 1.97. The number of anilines is 2. The molecule has 0 spiro atoms. The number of aryl methyl sites for hydroxylation is 1. The first-order valence-corrected chi connectivity index (χ1v) is 8.00. The van der Waals surface area contributed by atoms with Crippen LogP contribution in [0.1, 0.15) is 23.2 Å². The highest BCUT2D eigenvalue weighted by molar-refractivity contribution is 9.10. The molecule has 2 aromatic rings. The van der Waals surface area contributed by atoms with Gasteiger partial charge in [0.25, 0.3) is 0 Å². The van der Waals surface area contributed by atoms with Gasteiger partial charge in [-0.1, -0.05) is 6.92 Å². The fourth-order valence-corrected chi connectivity index (χ4v) is 3.47. The standard InChI is InChI=1S/C13H18BrN5S/c1-4-11-16-12(18-15)8(2)13(17-11)19(3)6-10-5-9(14)7-20-10/h5,7H,4,6,15H2,1-3H3,(H,16,17,18). The van der Waals surface area contributed by atoms with Gasteiger partial charge in [0.2, 0.25) is 0 Å². The molecule has 0 aromatic carbocycles. The van der Waals surface area contributed by atoms with E-state index in [-0.39, 0.29) is 0 Å². The molecule has 0 fully saturated rings. The van der Waals surface area contributed by atoms with Gasteiger partial charge in [-0.2, -0.15) is 0 Å². The van der Waals surface area contributed by atoms with E-state index in [9.17, 15) is 0 Å². The monoisotopic (exact) mass is 355 g/mol.